The molecule has 0 aliphatic carbocycles. The molecule has 0 bridgehead atoms. The van der Waals surface area contributed by atoms with Crippen LogP contribution in [0, 0.1) is 19.7 Å². The summed E-state index contributed by atoms with van der Waals surface area (Å²) in [6.45, 7) is 5.19. The van der Waals surface area contributed by atoms with Crippen LogP contribution in [0.15, 0.2) is 17.0 Å². The van der Waals surface area contributed by atoms with Gasteiger partial charge in [-0.1, -0.05) is 6.92 Å². The van der Waals surface area contributed by atoms with Crippen LogP contribution >= 0.6 is 0 Å². The van der Waals surface area contributed by atoms with E-state index in [9.17, 15) is 12.8 Å². The van der Waals surface area contributed by atoms with E-state index in [1.165, 1.54) is 12.1 Å². The van der Waals surface area contributed by atoms with Gasteiger partial charge in [-0.05, 0) is 37.1 Å². The largest absolute Gasteiger partial charge is 0.241 e. The molecule has 0 radical (unpaired) electrons. The Labute approximate surface area is 89.4 Å². The van der Waals surface area contributed by atoms with Crippen molar-refractivity contribution >= 4 is 10.0 Å². The Morgan fingerprint density at radius 3 is 2.13 bits per heavy atom. The van der Waals surface area contributed by atoms with E-state index in [1.807, 2.05) is 0 Å². The van der Waals surface area contributed by atoms with Crippen LogP contribution in [0.2, 0.25) is 0 Å². The zero-order chi connectivity index (χ0) is 11.6. The summed E-state index contributed by atoms with van der Waals surface area (Å²) in [6.07, 6.45) is 0. The van der Waals surface area contributed by atoms with Gasteiger partial charge in [-0.25, -0.2) is 17.5 Å². The molecule has 15 heavy (non-hydrogen) atoms. The highest BCUT2D eigenvalue weighted by Gasteiger charge is 2.18. The Kier molecular flexibility index (Phi) is 3.46. The minimum Gasteiger partial charge on any atom is -0.211 e. The predicted octanol–water partition coefficient (Wildman–Crippen LogP) is 1.74. The molecule has 0 aliphatic heterocycles. The third-order valence-electron chi connectivity index (χ3n) is 2.03. The lowest BCUT2D eigenvalue weighted by atomic mass is 10.1. The first kappa shape index (κ1) is 12.1. The first-order valence-corrected chi connectivity index (χ1v) is 6.13. The SMILES string of the molecule is CCNS(=O)(=O)c1c(C)cc(F)cc1C. The second-order valence-corrected chi connectivity index (χ2v) is 5.07. The van der Waals surface area contributed by atoms with Crippen molar-refractivity contribution in [3.05, 3.63) is 29.1 Å². The molecule has 1 aromatic rings. The standard InChI is InChI=1S/C10H14FNO2S/c1-4-12-15(13,14)10-7(2)5-9(11)6-8(10)3/h5-6,12H,4H2,1-3H3. The fourth-order valence-corrected chi connectivity index (χ4v) is 3.07. The number of hydrogen-bond donors (Lipinski definition) is 1. The van der Waals surface area contributed by atoms with E-state index >= 15 is 0 Å². The van der Waals surface area contributed by atoms with Crippen molar-refractivity contribution in [1.82, 2.24) is 4.72 Å². The summed E-state index contributed by atoms with van der Waals surface area (Å²) in [4.78, 5) is 0.172. The van der Waals surface area contributed by atoms with Gasteiger partial charge < -0.3 is 0 Å². The van der Waals surface area contributed by atoms with Crippen molar-refractivity contribution in [2.75, 3.05) is 6.54 Å². The number of sulfonamides is 1. The van der Waals surface area contributed by atoms with Crippen molar-refractivity contribution in [3.63, 3.8) is 0 Å². The highest BCUT2D eigenvalue weighted by atomic mass is 32.2. The molecule has 3 nitrogen and oxygen atoms in total. The Balaban J connectivity index is 3.38. The van der Waals surface area contributed by atoms with E-state index in [2.05, 4.69) is 4.72 Å². The minimum absolute atomic E-state index is 0.172. The summed E-state index contributed by atoms with van der Waals surface area (Å²) in [5, 5.41) is 0. The molecule has 1 rings (SSSR count). The Hall–Kier alpha value is -0.940. The molecule has 0 saturated carbocycles. The molecule has 0 spiro atoms. The lowest BCUT2D eigenvalue weighted by Crippen LogP contribution is -2.24. The molecule has 0 unspecified atom stereocenters. The van der Waals surface area contributed by atoms with Gasteiger partial charge in [0.1, 0.15) is 5.82 Å². The van der Waals surface area contributed by atoms with E-state index < -0.39 is 15.8 Å². The highest BCUT2D eigenvalue weighted by Crippen LogP contribution is 2.20. The van der Waals surface area contributed by atoms with Crippen LogP contribution in [-0.2, 0) is 10.0 Å². The highest BCUT2D eigenvalue weighted by molar-refractivity contribution is 7.89. The van der Waals surface area contributed by atoms with Crippen LogP contribution < -0.4 is 4.72 Å². The molecular weight excluding hydrogens is 217 g/mol. The van der Waals surface area contributed by atoms with E-state index in [0.29, 0.717) is 17.7 Å². The smallest absolute Gasteiger partial charge is 0.211 e. The third kappa shape index (κ3) is 2.54. The molecule has 0 heterocycles. The molecule has 5 heteroatoms. The summed E-state index contributed by atoms with van der Waals surface area (Å²) >= 11 is 0. The van der Waals surface area contributed by atoms with Gasteiger partial charge in [0.15, 0.2) is 0 Å². The lowest BCUT2D eigenvalue weighted by molar-refractivity contribution is 0.581. The normalized spacial score (nSPS) is 11.7. The maximum atomic E-state index is 13.0. The number of aryl methyl sites for hydroxylation is 2. The molecular formula is C10H14FNO2S. The average Bonchev–Trinajstić information content (AvgIpc) is 1.99. The molecule has 0 fully saturated rings. The van der Waals surface area contributed by atoms with Crippen LogP contribution in [0.25, 0.3) is 0 Å². The van der Waals surface area contributed by atoms with Gasteiger partial charge in [0.25, 0.3) is 0 Å². The first-order valence-electron chi connectivity index (χ1n) is 4.65. The van der Waals surface area contributed by atoms with E-state index in [1.54, 1.807) is 20.8 Å². The zero-order valence-electron chi connectivity index (χ0n) is 8.96. The van der Waals surface area contributed by atoms with Crippen molar-refractivity contribution in [3.8, 4) is 0 Å². The molecule has 0 saturated heterocycles. The second-order valence-electron chi connectivity index (χ2n) is 3.37. The number of rotatable bonds is 3. The van der Waals surface area contributed by atoms with Crippen molar-refractivity contribution in [2.24, 2.45) is 0 Å². The quantitative estimate of drug-likeness (QED) is 0.861. The molecule has 0 aromatic heterocycles. The van der Waals surface area contributed by atoms with E-state index in [0.717, 1.165) is 0 Å². The topological polar surface area (TPSA) is 46.2 Å². The summed E-state index contributed by atoms with van der Waals surface area (Å²) in [5.74, 6) is -0.416. The number of nitrogens with one attached hydrogen (secondary N) is 1. The van der Waals surface area contributed by atoms with Gasteiger partial charge in [0.2, 0.25) is 10.0 Å². The summed E-state index contributed by atoms with van der Waals surface area (Å²) in [6, 6.07) is 2.44. The molecule has 1 aromatic carbocycles. The second kappa shape index (κ2) is 4.28. The van der Waals surface area contributed by atoms with Crippen molar-refractivity contribution < 1.29 is 12.8 Å². The average molecular weight is 231 g/mol. The van der Waals surface area contributed by atoms with E-state index in [4.69, 9.17) is 0 Å². The Bertz CT molecular complexity index is 445. The fourth-order valence-electron chi connectivity index (χ4n) is 1.58. The van der Waals surface area contributed by atoms with Crippen LogP contribution in [-0.4, -0.2) is 15.0 Å². The van der Waals surface area contributed by atoms with Crippen LogP contribution in [0.4, 0.5) is 4.39 Å². The van der Waals surface area contributed by atoms with Crippen LogP contribution in [0.3, 0.4) is 0 Å². The predicted molar refractivity (Wildman–Crippen MR) is 56.7 cm³/mol. The van der Waals surface area contributed by atoms with E-state index in [-0.39, 0.29) is 4.90 Å². The zero-order valence-corrected chi connectivity index (χ0v) is 9.78. The maximum Gasteiger partial charge on any atom is 0.241 e. The maximum absolute atomic E-state index is 13.0. The molecule has 0 aliphatic rings. The summed E-state index contributed by atoms with van der Waals surface area (Å²) < 4.78 is 38.9. The van der Waals surface area contributed by atoms with Gasteiger partial charge in [-0.2, -0.15) is 0 Å². The van der Waals surface area contributed by atoms with Gasteiger partial charge >= 0.3 is 0 Å². The van der Waals surface area contributed by atoms with Crippen LogP contribution in [0.1, 0.15) is 18.1 Å². The van der Waals surface area contributed by atoms with Gasteiger partial charge in [0.05, 0.1) is 4.90 Å². The first-order chi connectivity index (χ1) is 6.88. The minimum atomic E-state index is -3.51. The number of halogens is 1. The third-order valence-corrected chi connectivity index (χ3v) is 3.88. The lowest BCUT2D eigenvalue weighted by Gasteiger charge is -2.10. The monoisotopic (exact) mass is 231 g/mol. The van der Waals surface area contributed by atoms with Crippen LogP contribution in [0.5, 0.6) is 0 Å². The van der Waals surface area contributed by atoms with Gasteiger partial charge in [-0.3, -0.25) is 0 Å². The fraction of sp³-hybridized carbons (Fsp3) is 0.400. The molecule has 84 valence electrons. The Morgan fingerprint density at radius 2 is 1.73 bits per heavy atom. The number of benzene rings is 1. The molecule has 0 amide bonds. The van der Waals surface area contributed by atoms with Crippen molar-refractivity contribution in [2.45, 2.75) is 25.7 Å². The van der Waals surface area contributed by atoms with Crippen molar-refractivity contribution in [1.29, 1.82) is 0 Å². The molecule has 0 atom stereocenters. The van der Waals surface area contributed by atoms with Gasteiger partial charge in [0, 0.05) is 6.54 Å². The summed E-state index contributed by atoms with van der Waals surface area (Å²) in [5.41, 5.74) is 0.849. The molecule has 1 N–H and O–H groups in total. The summed E-state index contributed by atoms with van der Waals surface area (Å²) in [7, 11) is -3.51. The Morgan fingerprint density at radius 1 is 1.27 bits per heavy atom. The number of hydrogen-bond acceptors (Lipinski definition) is 2. The van der Waals surface area contributed by atoms with Gasteiger partial charge in [-0.15, -0.1) is 0 Å².